The van der Waals surface area contributed by atoms with Gasteiger partial charge in [0.15, 0.2) is 12.4 Å². The maximum atomic E-state index is 12.6. The number of carbonyl (C=O) groups is 1. The molecule has 0 bridgehead atoms. The summed E-state index contributed by atoms with van der Waals surface area (Å²) in [4.78, 5) is 16.7. The smallest absolute Gasteiger partial charge is 0.343 e. The van der Waals surface area contributed by atoms with Crippen molar-refractivity contribution in [3.05, 3.63) is 89.2 Å². The molecule has 0 N–H and O–H groups in total. The van der Waals surface area contributed by atoms with Gasteiger partial charge in [0, 0.05) is 5.56 Å². The fraction of sp³-hybridized carbons (Fsp3) is 0.0952. The zero-order valence-corrected chi connectivity index (χ0v) is 15.8. The molecular formula is C21H16ClN3O3. The van der Waals surface area contributed by atoms with E-state index < -0.39 is 5.97 Å². The second kappa shape index (κ2) is 7.70. The Morgan fingerprint density at radius 3 is 2.50 bits per heavy atom. The maximum Gasteiger partial charge on any atom is 0.343 e. The lowest BCUT2D eigenvalue weighted by Gasteiger charge is -2.04. The molecule has 28 heavy (non-hydrogen) atoms. The molecule has 2 heterocycles. The molecule has 4 rings (SSSR count). The molecule has 7 heteroatoms. The SMILES string of the molecule is Cc1nn(-c2ccccc2)c(Cl)c1C(=O)OCc1ncc(-c2ccccc2)o1. The molecule has 0 fully saturated rings. The van der Waals surface area contributed by atoms with Crippen molar-refractivity contribution < 1.29 is 13.9 Å². The molecule has 0 aliphatic heterocycles. The zero-order valence-electron chi connectivity index (χ0n) is 15.0. The predicted octanol–water partition coefficient (Wildman–Crippen LogP) is 4.85. The summed E-state index contributed by atoms with van der Waals surface area (Å²) >= 11 is 6.39. The first-order chi connectivity index (χ1) is 13.6. The largest absolute Gasteiger partial charge is 0.452 e. The van der Waals surface area contributed by atoms with Crippen molar-refractivity contribution >= 4 is 17.6 Å². The number of oxazole rings is 1. The number of aromatic nitrogens is 3. The fourth-order valence-electron chi connectivity index (χ4n) is 2.78. The molecule has 0 amide bonds. The van der Waals surface area contributed by atoms with Crippen LogP contribution in [0.3, 0.4) is 0 Å². The van der Waals surface area contributed by atoms with Gasteiger partial charge in [0.25, 0.3) is 0 Å². The Bertz CT molecular complexity index is 1100. The predicted molar refractivity (Wildman–Crippen MR) is 104 cm³/mol. The number of hydrogen-bond donors (Lipinski definition) is 0. The van der Waals surface area contributed by atoms with E-state index in [0.717, 1.165) is 11.3 Å². The Hall–Kier alpha value is -3.38. The van der Waals surface area contributed by atoms with Crippen molar-refractivity contribution in [1.82, 2.24) is 14.8 Å². The third-order valence-electron chi connectivity index (χ3n) is 4.15. The number of carbonyl (C=O) groups excluding carboxylic acids is 1. The molecule has 0 saturated carbocycles. The Balaban J connectivity index is 1.49. The molecule has 0 spiro atoms. The summed E-state index contributed by atoms with van der Waals surface area (Å²) in [6, 6.07) is 18.9. The zero-order chi connectivity index (χ0) is 19.5. The summed E-state index contributed by atoms with van der Waals surface area (Å²) in [5.41, 5.74) is 2.36. The van der Waals surface area contributed by atoms with Crippen molar-refractivity contribution in [2.75, 3.05) is 0 Å². The van der Waals surface area contributed by atoms with E-state index in [-0.39, 0.29) is 17.3 Å². The first kappa shape index (κ1) is 18.0. The minimum atomic E-state index is -0.579. The Kier molecular flexibility index (Phi) is 4.95. The summed E-state index contributed by atoms with van der Waals surface area (Å²) in [6.07, 6.45) is 1.60. The molecule has 0 radical (unpaired) electrons. The van der Waals surface area contributed by atoms with Gasteiger partial charge in [-0.3, -0.25) is 0 Å². The summed E-state index contributed by atoms with van der Waals surface area (Å²) in [5, 5.41) is 4.55. The minimum absolute atomic E-state index is 0.0993. The van der Waals surface area contributed by atoms with Crippen LogP contribution >= 0.6 is 11.6 Å². The summed E-state index contributed by atoms with van der Waals surface area (Å²) < 4.78 is 12.5. The average molecular weight is 394 g/mol. The molecule has 6 nitrogen and oxygen atoms in total. The number of para-hydroxylation sites is 1. The van der Waals surface area contributed by atoms with E-state index in [1.807, 2.05) is 60.7 Å². The van der Waals surface area contributed by atoms with E-state index in [2.05, 4.69) is 10.1 Å². The third-order valence-corrected chi connectivity index (χ3v) is 4.50. The molecule has 0 atom stereocenters. The number of nitrogens with zero attached hydrogens (tertiary/aromatic N) is 3. The lowest BCUT2D eigenvalue weighted by Crippen LogP contribution is -2.07. The second-order valence-corrected chi connectivity index (χ2v) is 6.42. The van der Waals surface area contributed by atoms with Gasteiger partial charge in [-0.05, 0) is 19.1 Å². The first-order valence-electron chi connectivity index (χ1n) is 8.61. The van der Waals surface area contributed by atoms with Crippen LogP contribution in [0.1, 0.15) is 21.9 Å². The topological polar surface area (TPSA) is 70.2 Å². The van der Waals surface area contributed by atoms with Gasteiger partial charge in [0.1, 0.15) is 10.7 Å². The second-order valence-electron chi connectivity index (χ2n) is 6.06. The quantitative estimate of drug-likeness (QED) is 0.453. The molecule has 0 aliphatic carbocycles. The van der Waals surface area contributed by atoms with Crippen molar-refractivity contribution in [2.45, 2.75) is 13.5 Å². The van der Waals surface area contributed by atoms with Gasteiger partial charge in [-0.25, -0.2) is 14.5 Å². The molecule has 0 aliphatic rings. The van der Waals surface area contributed by atoms with Gasteiger partial charge in [-0.15, -0.1) is 0 Å². The van der Waals surface area contributed by atoms with Crippen LogP contribution in [0.5, 0.6) is 0 Å². The number of esters is 1. The molecule has 2 aromatic heterocycles. The number of aryl methyl sites for hydroxylation is 1. The Labute approximate surface area is 166 Å². The maximum absolute atomic E-state index is 12.6. The Morgan fingerprint density at radius 2 is 1.79 bits per heavy atom. The lowest BCUT2D eigenvalue weighted by molar-refractivity contribution is 0.0438. The first-order valence-corrected chi connectivity index (χ1v) is 8.99. The van der Waals surface area contributed by atoms with Crippen LogP contribution in [0.25, 0.3) is 17.0 Å². The van der Waals surface area contributed by atoms with E-state index in [0.29, 0.717) is 17.3 Å². The van der Waals surface area contributed by atoms with Crippen LogP contribution in [0.2, 0.25) is 5.15 Å². The number of ether oxygens (including phenoxy) is 1. The van der Waals surface area contributed by atoms with E-state index in [1.54, 1.807) is 13.1 Å². The van der Waals surface area contributed by atoms with E-state index in [9.17, 15) is 4.79 Å². The fourth-order valence-corrected chi connectivity index (χ4v) is 3.13. The van der Waals surface area contributed by atoms with Gasteiger partial charge < -0.3 is 9.15 Å². The van der Waals surface area contributed by atoms with Crippen LogP contribution < -0.4 is 0 Å². The summed E-state index contributed by atoms with van der Waals surface area (Å²) in [6.45, 7) is 1.61. The number of rotatable bonds is 5. The molecule has 4 aromatic rings. The normalized spacial score (nSPS) is 10.8. The minimum Gasteiger partial charge on any atom is -0.452 e. The highest BCUT2D eigenvalue weighted by atomic mass is 35.5. The standard InChI is InChI=1S/C21H16ClN3O3/c1-14-19(20(22)25(24-14)16-10-6-3-7-11-16)21(26)27-13-18-23-12-17(28-18)15-8-4-2-5-9-15/h2-12H,13H2,1H3. The molecule has 140 valence electrons. The molecule has 0 saturated heterocycles. The van der Waals surface area contributed by atoms with Crippen molar-refractivity contribution in [3.63, 3.8) is 0 Å². The van der Waals surface area contributed by atoms with Crippen LogP contribution in [-0.4, -0.2) is 20.7 Å². The van der Waals surface area contributed by atoms with Gasteiger partial charge in [-0.1, -0.05) is 60.1 Å². The van der Waals surface area contributed by atoms with Crippen molar-refractivity contribution in [3.8, 4) is 17.0 Å². The van der Waals surface area contributed by atoms with Gasteiger partial charge in [0.05, 0.1) is 17.6 Å². The van der Waals surface area contributed by atoms with E-state index >= 15 is 0 Å². The molecule has 0 unspecified atom stereocenters. The van der Waals surface area contributed by atoms with Crippen molar-refractivity contribution in [1.29, 1.82) is 0 Å². The highest BCUT2D eigenvalue weighted by Gasteiger charge is 2.23. The monoisotopic (exact) mass is 393 g/mol. The van der Waals surface area contributed by atoms with Crippen LogP contribution in [0, 0.1) is 6.92 Å². The van der Waals surface area contributed by atoms with Gasteiger partial charge in [-0.2, -0.15) is 5.10 Å². The molecule has 2 aromatic carbocycles. The molecular weight excluding hydrogens is 378 g/mol. The van der Waals surface area contributed by atoms with Crippen molar-refractivity contribution in [2.24, 2.45) is 0 Å². The van der Waals surface area contributed by atoms with E-state index in [4.69, 9.17) is 20.8 Å². The lowest BCUT2D eigenvalue weighted by atomic mass is 10.2. The van der Waals surface area contributed by atoms with Crippen LogP contribution in [0.4, 0.5) is 0 Å². The van der Waals surface area contributed by atoms with Crippen LogP contribution in [-0.2, 0) is 11.3 Å². The van der Waals surface area contributed by atoms with Gasteiger partial charge >= 0.3 is 5.97 Å². The summed E-state index contributed by atoms with van der Waals surface area (Å²) in [7, 11) is 0. The third kappa shape index (κ3) is 3.54. The van der Waals surface area contributed by atoms with Gasteiger partial charge in [0.2, 0.25) is 5.89 Å². The number of hydrogen-bond acceptors (Lipinski definition) is 5. The highest BCUT2D eigenvalue weighted by Crippen LogP contribution is 2.25. The van der Waals surface area contributed by atoms with E-state index in [1.165, 1.54) is 4.68 Å². The average Bonchev–Trinajstić information content (AvgIpc) is 3.32. The number of halogens is 1. The van der Waals surface area contributed by atoms with Crippen LogP contribution in [0.15, 0.2) is 71.3 Å². The Morgan fingerprint density at radius 1 is 1.11 bits per heavy atom. The number of benzene rings is 2. The highest BCUT2D eigenvalue weighted by molar-refractivity contribution is 6.33. The summed E-state index contributed by atoms with van der Waals surface area (Å²) in [5.74, 6) is 0.332.